The Hall–Kier alpha value is -2.68. The molecule has 1 amide bonds. The number of alkyl halides is 3. The van der Waals surface area contributed by atoms with E-state index in [0.29, 0.717) is 16.3 Å². The first-order valence-electron chi connectivity index (χ1n) is 9.74. The van der Waals surface area contributed by atoms with E-state index in [1.807, 2.05) is 30.3 Å². The highest BCUT2D eigenvalue weighted by molar-refractivity contribution is 6.42. The molecule has 5 nitrogen and oxygen atoms in total. The average molecular weight is 483 g/mol. The van der Waals surface area contributed by atoms with E-state index < -0.39 is 24.2 Å². The van der Waals surface area contributed by atoms with Gasteiger partial charge in [-0.1, -0.05) is 59.6 Å². The summed E-state index contributed by atoms with van der Waals surface area (Å²) in [5.74, 6) is -0.202. The molecule has 2 unspecified atom stereocenters. The molecule has 0 bridgehead atoms. The zero-order valence-electron chi connectivity index (χ0n) is 16.8. The quantitative estimate of drug-likeness (QED) is 0.584. The third-order valence-electron chi connectivity index (χ3n) is 5.27. The molecule has 2 aromatic rings. The van der Waals surface area contributed by atoms with Gasteiger partial charge < -0.3 is 10.6 Å². The third-order valence-corrected chi connectivity index (χ3v) is 6.01. The SMILES string of the molecule is CC1=C(C(=O)NCc2ccccc2)C(c2ccc(Cl)c(Cl)c2)N2NC(C(F)(F)F)C=C2N1. The zero-order valence-corrected chi connectivity index (χ0v) is 18.3. The van der Waals surface area contributed by atoms with Crippen LogP contribution in [0.15, 0.2) is 71.7 Å². The van der Waals surface area contributed by atoms with Crippen molar-refractivity contribution >= 4 is 29.1 Å². The maximum atomic E-state index is 13.4. The lowest BCUT2D eigenvalue weighted by Crippen LogP contribution is -2.51. The minimum Gasteiger partial charge on any atom is -0.348 e. The summed E-state index contributed by atoms with van der Waals surface area (Å²) in [6, 6.07) is 11.3. The highest BCUT2D eigenvalue weighted by Gasteiger charge is 2.48. The largest absolute Gasteiger partial charge is 0.409 e. The molecule has 0 saturated carbocycles. The Bertz CT molecular complexity index is 1100. The summed E-state index contributed by atoms with van der Waals surface area (Å²) in [4.78, 5) is 13.2. The molecule has 10 heteroatoms. The summed E-state index contributed by atoms with van der Waals surface area (Å²) in [6.07, 6.45) is -3.45. The molecular weight excluding hydrogens is 464 g/mol. The van der Waals surface area contributed by atoms with Crippen LogP contribution in [0, 0.1) is 0 Å². The van der Waals surface area contributed by atoms with Crippen molar-refractivity contribution in [1.82, 2.24) is 21.1 Å². The number of allylic oxidation sites excluding steroid dienone is 1. The number of carbonyl (C=O) groups excluding carboxylic acids is 1. The topological polar surface area (TPSA) is 56.4 Å². The standard InChI is InChI=1S/C22H19Cl2F3N4O/c1-12-19(21(32)28-11-13-5-3-2-4-6-13)20(14-7-8-15(23)16(24)9-14)31-18(29-12)10-17(30-31)22(25,26)27/h2-10,17,20,29-30H,11H2,1H3,(H,28,32). The lowest BCUT2D eigenvalue weighted by Gasteiger charge is -2.39. The van der Waals surface area contributed by atoms with Gasteiger partial charge in [0.25, 0.3) is 5.91 Å². The van der Waals surface area contributed by atoms with E-state index in [1.54, 1.807) is 25.1 Å². The van der Waals surface area contributed by atoms with E-state index in [9.17, 15) is 18.0 Å². The van der Waals surface area contributed by atoms with E-state index in [1.165, 1.54) is 5.01 Å². The number of halogens is 5. The third kappa shape index (κ3) is 4.44. The Morgan fingerprint density at radius 3 is 2.50 bits per heavy atom. The highest BCUT2D eigenvalue weighted by atomic mass is 35.5. The van der Waals surface area contributed by atoms with Crippen molar-refractivity contribution in [2.75, 3.05) is 0 Å². The van der Waals surface area contributed by atoms with E-state index in [0.717, 1.165) is 11.6 Å². The van der Waals surface area contributed by atoms with Gasteiger partial charge in [0.15, 0.2) is 0 Å². The number of hydrogen-bond acceptors (Lipinski definition) is 4. The second-order valence-electron chi connectivity index (χ2n) is 7.48. The summed E-state index contributed by atoms with van der Waals surface area (Å²) >= 11 is 12.2. The zero-order chi connectivity index (χ0) is 23.0. The number of rotatable bonds is 4. The van der Waals surface area contributed by atoms with Gasteiger partial charge in [0.1, 0.15) is 17.9 Å². The maximum Gasteiger partial charge on any atom is 0.409 e. The Morgan fingerprint density at radius 1 is 1.12 bits per heavy atom. The molecule has 3 N–H and O–H groups in total. The first-order chi connectivity index (χ1) is 15.1. The van der Waals surface area contributed by atoms with Gasteiger partial charge in [-0.3, -0.25) is 9.80 Å². The predicted octanol–water partition coefficient (Wildman–Crippen LogP) is 4.82. The number of carbonyl (C=O) groups is 1. The van der Waals surface area contributed by atoms with Gasteiger partial charge in [-0.25, -0.2) is 5.43 Å². The van der Waals surface area contributed by atoms with Crippen LogP contribution in [0.1, 0.15) is 24.1 Å². The molecule has 2 aliphatic heterocycles. The second-order valence-corrected chi connectivity index (χ2v) is 8.29. The molecule has 2 aromatic carbocycles. The number of hydrazine groups is 1. The van der Waals surface area contributed by atoms with Gasteiger partial charge in [-0.05, 0) is 36.3 Å². The smallest absolute Gasteiger partial charge is 0.348 e. The summed E-state index contributed by atoms with van der Waals surface area (Å²) in [5.41, 5.74) is 4.59. The van der Waals surface area contributed by atoms with Gasteiger partial charge in [-0.15, -0.1) is 0 Å². The van der Waals surface area contributed by atoms with Crippen LogP contribution in [0.5, 0.6) is 0 Å². The normalized spacial score (nSPS) is 20.6. The number of fused-ring (bicyclic) bond motifs is 1. The fraction of sp³-hybridized carbons (Fsp3) is 0.227. The van der Waals surface area contributed by atoms with Crippen molar-refractivity contribution in [3.8, 4) is 0 Å². The number of benzene rings is 2. The number of nitrogens with one attached hydrogen (secondary N) is 3. The van der Waals surface area contributed by atoms with E-state index >= 15 is 0 Å². The Balaban J connectivity index is 1.70. The molecule has 4 rings (SSSR count). The van der Waals surface area contributed by atoms with Gasteiger partial charge in [-0.2, -0.15) is 13.2 Å². The van der Waals surface area contributed by atoms with Crippen molar-refractivity contribution < 1.29 is 18.0 Å². The van der Waals surface area contributed by atoms with Crippen LogP contribution in [-0.2, 0) is 11.3 Å². The maximum absolute atomic E-state index is 13.4. The first kappa shape index (κ1) is 22.5. The average Bonchev–Trinajstić information content (AvgIpc) is 3.18. The highest BCUT2D eigenvalue weighted by Crippen LogP contribution is 2.40. The first-order valence-corrected chi connectivity index (χ1v) is 10.5. The van der Waals surface area contributed by atoms with Gasteiger partial charge in [0.2, 0.25) is 0 Å². The van der Waals surface area contributed by atoms with Crippen molar-refractivity contribution in [2.45, 2.75) is 31.7 Å². The summed E-state index contributed by atoms with van der Waals surface area (Å²) < 4.78 is 40.2. The fourth-order valence-electron chi connectivity index (χ4n) is 3.74. The summed E-state index contributed by atoms with van der Waals surface area (Å²) in [5, 5.41) is 7.62. The molecule has 32 heavy (non-hydrogen) atoms. The van der Waals surface area contributed by atoms with Gasteiger partial charge >= 0.3 is 6.18 Å². The van der Waals surface area contributed by atoms with Crippen LogP contribution < -0.4 is 16.1 Å². The van der Waals surface area contributed by atoms with Crippen LogP contribution in [0.25, 0.3) is 0 Å². The Labute approximate surface area is 192 Å². The second kappa shape index (κ2) is 8.69. The molecule has 0 radical (unpaired) electrons. The van der Waals surface area contributed by atoms with Crippen LogP contribution in [-0.4, -0.2) is 23.1 Å². The van der Waals surface area contributed by atoms with Crippen LogP contribution >= 0.6 is 23.2 Å². The minimum absolute atomic E-state index is 0.209. The number of nitrogens with zero attached hydrogens (tertiary/aromatic N) is 1. The monoisotopic (exact) mass is 482 g/mol. The predicted molar refractivity (Wildman–Crippen MR) is 116 cm³/mol. The van der Waals surface area contributed by atoms with Crippen molar-refractivity contribution in [1.29, 1.82) is 0 Å². The molecule has 0 saturated heterocycles. The molecule has 2 atom stereocenters. The molecule has 0 aromatic heterocycles. The van der Waals surface area contributed by atoms with E-state index in [2.05, 4.69) is 16.1 Å². The molecule has 2 aliphatic rings. The molecule has 2 heterocycles. The van der Waals surface area contributed by atoms with E-state index in [4.69, 9.17) is 23.2 Å². The summed E-state index contributed by atoms with van der Waals surface area (Å²) in [6.45, 7) is 1.92. The molecular formula is C22H19Cl2F3N4O. The number of hydrogen-bond donors (Lipinski definition) is 3. The van der Waals surface area contributed by atoms with Crippen molar-refractivity contribution in [2.24, 2.45) is 0 Å². The number of amides is 1. The van der Waals surface area contributed by atoms with Gasteiger partial charge in [0, 0.05) is 12.2 Å². The lowest BCUT2D eigenvalue weighted by molar-refractivity contribution is -0.151. The van der Waals surface area contributed by atoms with Crippen LogP contribution in [0.4, 0.5) is 13.2 Å². The molecule has 0 aliphatic carbocycles. The molecule has 0 spiro atoms. The van der Waals surface area contributed by atoms with E-state index in [-0.39, 0.29) is 23.0 Å². The Kier molecular flexibility index (Phi) is 6.11. The molecule has 168 valence electrons. The fourth-order valence-corrected chi connectivity index (χ4v) is 4.04. The van der Waals surface area contributed by atoms with Crippen molar-refractivity contribution in [3.63, 3.8) is 0 Å². The Morgan fingerprint density at radius 2 is 1.84 bits per heavy atom. The summed E-state index contributed by atoms with van der Waals surface area (Å²) in [7, 11) is 0. The van der Waals surface area contributed by atoms with Crippen LogP contribution in [0.2, 0.25) is 10.0 Å². The van der Waals surface area contributed by atoms with Crippen molar-refractivity contribution in [3.05, 3.63) is 92.9 Å². The van der Waals surface area contributed by atoms with Gasteiger partial charge in [0.05, 0.1) is 15.6 Å². The van der Waals surface area contributed by atoms with Crippen LogP contribution in [0.3, 0.4) is 0 Å². The minimum atomic E-state index is -4.50. The molecule has 0 fully saturated rings. The lowest BCUT2D eigenvalue weighted by atomic mass is 9.94.